The summed E-state index contributed by atoms with van der Waals surface area (Å²) in [5, 5.41) is 9.23. The van der Waals surface area contributed by atoms with Gasteiger partial charge in [-0.2, -0.15) is 0 Å². The smallest absolute Gasteiger partial charge is 0.169 e. The number of Topliss-reactive ketones (excluding diaryl/α,β-unsaturated/α-hetero) is 1. The van der Waals surface area contributed by atoms with Crippen LogP contribution in [0.25, 0.3) is 0 Å². The summed E-state index contributed by atoms with van der Waals surface area (Å²) < 4.78 is 0. The van der Waals surface area contributed by atoms with Gasteiger partial charge in [0.15, 0.2) is 5.78 Å². The van der Waals surface area contributed by atoms with E-state index in [0.717, 1.165) is 5.56 Å². The molecule has 1 aromatic rings. The molecule has 1 saturated carbocycles. The van der Waals surface area contributed by atoms with E-state index in [1.54, 1.807) is 0 Å². The van der Waals surface area contributed by atoms with Crippen LogP contribution in [-0.4, -0.2) is 41.5 Å². The fourth-order valence-corrected chi connectivity index (χ4v) is 2.83. The third-order valence-electron chi connectivity index (χ3n) is 4.23. The fraction of sp³-hybridized carbons (Fsp3) is 0.588. The number of rotatable bonds is 7. The molecule has 0 heterocycles. The second kappa shape index (κ2) is 6.51. The Bertz CT molecular complexity index is 438. The van der Waals surface area contributed by atoms with Gasteiger partial charge in [-0.25, -0.2) is 0 Å². The van der Waals surface area contributed by atoms with E-state index in [4.69, 9.17) is 0 Å². The van der Waals surface area contributed by atoms with Crippen LogP contribution >= 0.6 is 0 Å². The second-order valence-electron chi connectivity index (χ2n) is 6.36. The van der Waals surface area contributed by atoms with Gasteiger partial charge in [-0.15, -0.1) is 0 Å². The Morgan fingerprint density at radius 1 is 1.30 bits per heavy atom. The minimum Gasteiger partial charge on any atom is -0.395 e. The molecule has 110 valence electrons. The van der Waals surface area contributed by atoms with Crippen LogP contribution in [-0.2, 0) is 0 Å². The molecule has 0 atom stereocenters. The van der Waals surface area contributed by atoms with Crippen LogP contribution < -0.4 is 0 Å². The Labute approximate surface area is 121 Å². The van der Waals surface area contributed by atoms with Crippen LogP contribution in [0.4, 0.5) is 0 Å². The molecular weight excluding hydrogens is 250 g/mol. The van der Waals surface area contributed by atoms with Crippen molar-refractivity contribution in [2.75, 3.05) is 19.7 Å². The van der Waals surface area contributed by atoms with Gasteiger partial charge in [0, 0.05) is 30.1 Å². The Kier molecular flexibility index (Phi) is 4.95. The summed E-state index contributed by atoms with van der Waals surface area (Å²) in [5.41, 5.74) is 0.349. The lowest BCUT2D eigenvalue weighted by atomic mass is 9.82. The normalized spacial score (nSPS) is 16.2. The molecule has 0 unspecified atom stereocenters. The van der Waals surface area contributed by atoms with Crippen LogP contribution in [0.15, 0.2) is 30.3 Å². The maximum atomic E-state index is 12.6. The molecule has 0 radical (unpaired) electrons. The molecular formula is C17H25NO2. The van der Waals surface area contributed by atoms with Gasteiger partial charge in [-0.1, -0.05) is 50.6 Å². The van der Waals surface area contributed by atoms with Gasteiger partial charge in [-0.05, 0) is 12.8 Å². The summed E-state index contributed by atoms with van der Waals surface area (Å²) in [5.74, 6) is 0.181. The summed E-state index contributed by atoms with van der Waals surface area (Å²) in [4.78, 5) is 14.9. The number of nitrogens with zero attached hydrogens (tertiary/aromatic N) is 1. The highest BCUT2D eigenvalue weighted by Gasteiger charge is 2.34. The van der Waals surface area contributed by atoms with Crippen LogP contribution in [0.3, 0.4) is 0 Å². The number of hydrogen-bond donors (Lipinski definition) is 1. The first-order chi connectivity index (χ1) is 9.54. The average Bonchev–Trinajstić information content (AvgIpc) is 2.36. The standard InChI is InChI=1S/C17H25NO2/c1-17(2,16(20)14-7-4-3-5-8-14)13-18(11-12-19)15-9-6-10-15/h3-5,7-8,15,19H,6,9-13H2,1-2H3. The van der Waals surface area contributed by atoms with Gasteiger partial charge in [0.2, 0.25) is 0 Å². The van der Waals surface area contributed by atoms with Gasteiger partial charge in [-0.3, -0.25) is 9.69 Å². The van der Waals surface area contributed by atoms with Crippen molar-refractivity contribution in [2.45, 2.75) is 39.2 Å². The van der Waals surface area contributed by atoms with E-state index in [1.165, 1.54) is 19.3 Å². The van der Waals surface area contributed by atoms with Gasteiger partial charge < -0.3 is 5.11 Å². The first-order valence-corrected chi connectivity index (χ1v) is 7.49. The topological polar surface area (TPSA) is 40.5 Å². The summed E-state index contributed by atoms with van der Waals surface area (Å²) in [6.07, 6.45) is 3.64. The minimum absolute atomic E-state index is 0.159. The molecule has 1 fully saturated rings. The molecule has 1 aliphatic rings. The van der Waals surface area contributed by atoms with Crippen molar-refractivity contribution in [2.24, 2.45) is 5.41 Å². The molecule has 0 bridgehead atoms. The molecule has 1 aromatic carbocycles. The molecule has 0 spiro atoms. The quantitative estimate of drug-likeness (QED) is 0.778. The third kappa shape index (κ3) is 3.47. The first-order valence-electron chi connectivity index (χ1n) is 7.49. The number of carbonyl (C=O) groups excluding carboxylic acids is 1. The molecule has 20 heavy (non-hydrogen) atoms. The number of benzene rings is 1. The number of aliphatic hydroxyl groups is 1. The lowest BCUT2D eigenvalue weighted by Gasteiger charge is -2.41. The summed E-state index contributed by atoms with van der Waals surface area (Å²) in [6.45, 7) is 5.55. The molecule has 0 saturated heterocycles. The van der Waals surface area contributed by atoms with Gasteiger partial charge >= 0.3 is 0 Å². The van der Waals surface area contributed by atoms with Crippen LogP contribution in [0.1, 0.15) is 43.5 Å². The monoisotopic (exact) mass is 275 g/mol. The molecule has 3 heteroatoms. The van der Waals surface area contributed by atoms with Crippen LogP contribution in [0, 0.1) is 5.41 Å². The average molecular weight is 275 g/mol. The van der Waals surface area contributed by atoms with Gasteiger partial charge in [0.05, 0.1) is 6.61 Å². The van der Waals surface area contributed by atoms with Crippen LogP contribution in [0.5, 0.6) is 0 Å². The van der Waals surface area contributed by atoms with Crippen molar-refractivity contribution in [3.63, 3.8) is 0 Å². The fourth-order valence-electron chi connectivity index (χ4n) is 2.83. The number of hydrogen-bond acceptors (Lipinski definition) is 3. The van der Waals surface area contributed by atoms with E-state index in [1.807, 2.05) is 44.2 Å². The number of carbonyl (C=O) groups is 1. The highest BCUT2D eigenvalue weighted by molar-refractivity contribution is 6.00. The van der Waals surface area contributed by atoms with E-state index in [2.05, 4.69) is 4.90 Å². The van der Waals surface area contributed by atoms with E-state index in [9.17, 15) is 9.90 Å². The van der Waals surface area contributed by atoms with E-state index < -0.39 is 5.41 Å². The Balaban J connectivity index is 2.06. The molecule has 3 nitrogen and oxygen atoms in total. The predicted molar refractivity (Wildman–Crippen MR) is 80.9 cm³/mol. The third-order valence-corrected chi connectivity index (χ3v) is 4.23. The van der Waals surface area contributed by atoms with Gasteiger partial charge in [0.1, 0.15) is 0 Å². The summed E-state index contributed by atoms with van der Waals surface area (Å²) >= 11 is 0. The zero-order valence-electron chi connectivity index (χ0n) is 12.5. The number of ketones is 1. The summed E-state index contributed by atoms with van der Waals surface area (Å²) in [6, 6.07) is 10.0. The van der Waals surface area contributed by atoms with E-state index in [-0.39, 0.29) is 12.4 Å². The lowest BCUT2D eigenvalue weighted by molar-refractivity contribution is 0.0523. The first kappa shape index (κ1) is 15.2. The highest BCUT2D eigenvalue weighted by Crippen LogP contribution is 2.30. The minimum atomic E-state index is -0.424. The Hall–Kier alpha value is -1.19. The van der Waals surface area contributed by atoms with Crippen molar-refractivity contribution in [3.8, 4) is 0 Å². The SMILES string of the molecule is CC(C)(CN(CCO)C1CCC1)C(=O)c1ccccc1. The highest BCUT2D eigenvalue weighted by atomic mass is 16.3. The zero-order valence-corrected chi connectivity index (χ0v) is 12.5. The second-order valence-corrected chi connectivity index (χ2v) is 6.36. The Morgan fingerprint density at radius 3 is 2.45 bits per heavy atom. The van der Waals surface area contributed by atoms with Crippen molar-refractivity contribution in [1.29, 1.82) is 0 Å². The molecule has 1 aliphatic carbocycles. The van der Waals surface area contributed by atoms with Crippen molar-refractivity contribution < 1.29 is 9.90 Å². The maximum Gasteiger partial charge on any atom is 0.169 e. The molecule has 1 N–H and O–H groups in total. The van der Waals surface area contributed by atoms with E-state index >= 15 is 0 Å². The number of aliphatic hydroxyl groups excluding tert-OH is 1. The predicted octanol–water partition coefficient (Wildman–Crippen LogP) is 2.74. The zero-order chi connectivity index (χ0) is 14.6. The van der Waals surface area contributed by atoms with Crippen molar-refractivity contribution >= 4 is 5.78 Å². The molecule has 0 aromatic heterocycles. The largest absolute Gasteiger partial charge is 0.395 e. The van der Waals surface area contributed by atoms with Crippen molar-refractivity contribution in [3.05, 3.63) is 35.9 Å². The Morgan fingerprint density at radius 2 is 1.95 bits per heavy atom. The summed E-state index contributed by atoms with van der Waals surface area (Å²) in [7, 11) is 0. The molecule has 0 aliphatic heterocycles. The van der Waals surface area contributed by atoms with E-state index in [0.29, 0.717) is 19.1 Å². The maximum absolute atomic E-state index is 12.6. The molecule has 2 rings (SSSR count). The van der Waals surface area contributed by atoms with Crippen LogP contribution in [0.2, 0.25) is 0 Å². The van der Waals surface area contributed by atoms with Crippen molar-refractivity contribution in [1.82, 2.24) is 4.90 Å². The van der Waals surface area contributed by atoms with Gasteiger partial charge in [0.25, 0.3) is 0 Å². The lowest BCUT2D eigenvalue weighted by Crippen LogP contribution is -2.48. The molecule has 0 amide bonds.